The first-order valence-electron chi connectivity index (χ1n) is 9.69. The topological polar surface area (TPSA) is 73.5 Å². The maximum Gasteiger partial charge on any atom is 0.319 e. The zero-order chi connectivity index (χ0) is 18.8. The molecular weight excluding hydrogens is 328 g/mol. The highest BCUT2D eigenvalue weighted by Crippen LogP contribution is 2.09. The second-order valence-electron chi connectivity index (χ2n) is 7.23. The van der Waals surface area contributed by atoms with Gasteiger partial charge in [0.1, 0.15) is 6.04 Å². The third-order valence-corrected chi connectivity index (χ3v) is 4.67. The van der Waals surface area contributed by atoms with Gasteiger partial charge < -0.3 is 20.9 Å². The molecule has 6 nitrogen and oxygen atoms in total. The number of nitrogens with zero attached hydrogens (tertiary/aromatic N) is 1. The molecule has 0 radical (unpaired) electrons. The third kappa shape index (κ3) is 7.04. The molecule has 6 heteroatoms. The van der Waals surface area contributed by atoms with Gasteiger partial charge in [-0.1, -0.05) is 38.5 Å². The number of hydrogen-bond acceptors (Lipinski definition) is 3. The molecule has 0 spiro atoms. The number of likely N-dealkylation sites (tertiary alicyclic amines) is 1. The summed E-state index contributed by atoms with van der Waals surface area (Å²) in [5.74, 6) is -0.111. The summed E-state index contributed by atoms with van der Waals surface area (Å²) in [6.07, 6.45) is 4.83. The van der Waals surface area contributed by atoms with Crippen molar-refractivity contribution >= 4 is 17.6 Å². The number of nitrogens with one attached hydrogen (secondary N) is 3. The minimum atomic E-state index is -0.548. The zero-order valence-electron chi connectivity index (χ0n) is 16.0. The van der Waals surface area contributed by atoms with E-state index < -0.39 is 6.04 Å². The molecule has 1 aromatic rings. The summed E-state index contributed by atoms with van der Waals surface area (Å²) >= 11 is 0. The van der Waals surface area contributed by atoms with Crippen LogP contribution in [0.1, 0.15) is 39.5 Å². The van der Waals surface area contributed by atoms with Crippen LogP contribution in [0.15, 0.2) is 30.3 Å². The van der Waals surface area contributed by atoms with E-state index in [9.17, 15) is 9.59 Å². The predicted molar refractivity (Wildman–Crippen MR) is 105 cm³/mol. The summed E-state index contributed by atoms with van der Waals surface area (Å²) < 4.78 is 0. The third-order valence-electron chi connectivity index (χ3n) is 4.67. The molecule has 144 valence electrons. The van der Waals surface area contributed by atoms with Crippen LogP contribution in [0.5, 0.6) is 0 Å². The fraction of sp³-hybridized carbons (Fsp3) is 0.600. The lowest BCUT2D eigenvalue weighted by atomic mass is 10.0. The standard InChI is InChI=1S/C20H32N4O2/c1-16(2)18(23-20(26)22-17-10-5-3-6-11-17)19(25)21-12-9-15-24-13-7-4-8-14-24/h3,5-6,10-11,16,18H,4,7-9,12-15H2,1-2H3,(H,21,25)(H2,22,23,26). The Balaban J connectivity index is 1.72. The van der Waals surface area contributed by atoms with Crippen molar-refractivity contribution in [1.29, 1.82) is 0 Å². The van der Waals surface area contributed by atoms with Gasteiger partial charge in [0.2, 0.25) is 5.91 Å². The van der Waals surface area contributed by atoms with Crippen molar-refractivity contribution in [3.05, 3.63) is 30.3 Å². The molecule has 3 amide bonds. The minimum Gasteiger partial charge on any atom is -0.354 e. The molecular formula is C20H32N4O2. The predicted octanol–water partition coefficient (Wildman–Crippen LogP) is 2.82. The number of hydrogen-bond donors (Lipinski definition) is 3. The van der Waals surface area contributed by atoms with Crippen molar-refractivity contribution in [3.8, 4) is 0 Å². The molecule has 1 aromatic carbocycles. The van der Waals surface area contributed by atoms with Crippen molar-refractivity contribution in [1.82, 2.24) is 15.5 Å². The maximum absolute atomic E-state index is 12.5. The van der Waals surface area contributed by atoms with E-state index in [1.807, 2.05) is 44.2 Å². The number of rotatable bonds is 8. The van der Waals surface area contributed by atoms with Crippen molar-refractivity contribution in [3.63, 3.8) is 0 Å². The number of carbonyl (C=O) groups excluding carboxylic acids is 2. The van der Waals surface area contributed by atoms with Gasteiger partial charge in [-0.2, -0.15) is 0 Å². The molecule has 1 atom stereocenters. The quantitative estimate of drug-likeness (QED) is 0.624. The van der Waals surface area contributed by atoms with Crippen molar-refractivity contribution < 1.29 is 9.59 Å². The first kappa shape index (κ1) is 20.2. The van der Waals surface area contributed by atoms with E-state index in [1.54, 1.807) is 0 Å². The Kier molecular flexibility index (Phi) is 8.41. The van der Waals surface area contributed by atoms with Crippen molar-refractivity contribution in [2.24, 2.45) is 5.92 Å². The van der Waals surface area contributed by atoms with Gasteiger partial charge in [-0.05, 0) is 56.9 Å². The van der Waals surface area contributed by atoms with E-state index in [2.05, 4.69) is 20.9 Å². The van der Waals surface area contributed by atoms with Gasteiger partial charge in [0.05, 0.1) is 0 Å². The van der Waals surface area contributed by atoms with Gasteiger partial charge in [-0.3, -0.25) is 4.79 Å². The monoisotopic (exact) mass is 360 g/mol. The first-order valence-corrected chi connectivity index (χ1v) is 9.69. The molecule has 0 aromatic heterocycles. The van der Waals surface area contributed by atoms with Gasteiger partial charge in [-0.25, -0.2) is 4.79 Å². The lowest BCUT2D eigenvalue weighted by Crippen LogP contribution is -2.51. The van der Waals surface area contributed by atoms with Gasteiger partial charge >= 0.3 is 6.03 Å². The Labute approximate surface area is 156 Å². The van der Waals surface area contributed by atoms with Crippen LogP contribution < -0.4 is 16.0 Å². The van der Waals surface area contributed by atoms with E-state index in [0.29, 0.717) is 12.2 Å². The number of benzene rings is 1. The van der Waals surface area contributed by atoms with Crippen LogP contribution in [-0.4, -0.2) is 49.1 Å². The summed E-state index contributed by atoms with van der Waals surface area (Å²) in [6, 6.07) is 8.30. The SMILES string of the molecule is CC(C)C(NC(=O)Nc1ccccc1)C(=O)NCCCN1CCCCC1. The Morgan fingerprint density at radius 1 is 1.08 bits per heavy atom. The Morgan fingerprint density at radius 3 is 2.42 bits per heavy atom. The molecule has 0 saturated carbocycles. The van der Waals surface area contributed by atoms with Gasteiger partial charge in [0.25, 0.3) is 0 Å². The van der Waals surface area contributed by atoms with E-state index >= 15 is 0 Å². The maximum atomic E-state index is 12.5. The van der Waals surface area contributed by atoms with Crippen LogP contribution in [0.2, 0.25) is 0 Å². The number of para-hydroxylation sites is 1. The summed E-state index contributed by atoms with van der Waals surface area (Å²) in [4.78, 5) is 27.1. The van der Waals surface area contributed by atoms with Crippen LogP contribution >= 0.6 is 0 Å². The Hall–Kier alpha value is -2.08. The molecule has 3 N–H and O–H groups in total. The molecule has 1 fully saturated rings. The number of urea groups is 1. The lowest BCUT2D eigenvalue weighted by molar-refractivity contribution is -0.123. The summed E-state index contributed by atoms with van der Waals surface area (Å²) in [5.41, 5.74) is 0.703. The Bertz CT molecular complexity index is 556. The van der Waals surface area contributed by atoms with E-state index in [4.69, 9.17) is 0 Å². The highest BCUT2D eigenvalue weighted by molar-refractivity contribution is 5.93. The van der Waals surface area contributed by atoms with E-state index in [-0.39, 0.29) is 17.9 Å². The molecule has 1 unspecified atom stereocenters. The van der Waals surface area contributed by atoms with Crippen LogP contribution in [0, 0.1) is 5.92 Å². The number of carbonyl (C=O) groups is 2. The van der Waals surface area contributed by atoms with Crippen LogP contribution in [0.3, 0.4) is 0 Å². The summed E-state index contributed by atoms with van der Waals surface area (Å²) in [5, 5.41) is 8.50. The summed E-state index contributed by atoms with van der Waals surface area (Å²) in [6.45, 7) is 7.87. The van der Waals surface area contributed by atoms with E-state index in [1.165, 1.54) is 32.4 Å². The van der Waals surface area contributed by atoms with Gasteiger partial charge in [0, 0.05) is 12.2 Å². The second kappa shape index (κ2) is 10.8. The minimum absolute atomic E-state index is 0.0126. The second-order valence-corrected chi connectivity index (χ2v) is 7.23. The molecule has 1 aliphatic heterocycles. The van der Waals surface area contributed by atoms with E-state index in [0.717, 1.165) is 13.0 Å². The van der Waals surface area contributed by atoms with Gasteiger partial charge in [-0.15, -0.1) is 0 Å². The molecule has 1 aliphatic rings. The molecule has 26 heavy (non-hydrogen) atoms. The molecule has 1 saturated heterocycles. The first-order chi connectivity index (χ1) is 12.6. The van der Waals surface area contributed by atoms with Gasteiger partial charge in [0.15, 0.2) is 0 Å². The Morgan fingerprint density at radius 2 is 1.77 bits per heavy atom. The highest BCUT2D eigenvalue weighted by atomic mass is 16.2. The number of anilines is 1. The fourth-order valence-electron chi connectivity index (χ4n) is 3.17. The average Bonchev–Trinajstić information content (AvgIpc) is 2.64. The highest BCUT2D eigenvalue weighted by Gasteiger charge is 2.24. The molecule has 2 rings (SSSR count). The van der Waals surface area contributed by atoms with Crippen molar-refractivity contribution in [2.75, 3.05) is 31.5 Å². The smallest absolute Gasteiger partial charge is 0.319 e. The molecule has 0 bridgehead atoms. The number of piperidine rings is 1. The number of amides is 3. The molecule has 0 aliphatic carbocycles. The average molecular weight is 361 g/mol. The van der Waals surface area contributed by atoms with Crippen molar-refractivity contribution in [2.45, 2.75) is 45.6 Å². The zero-order valence-corrected chi connectivity index (χ0v) is 16.0. The fourth-order valence-corrected chi connectivity index (χ4v) is 3.17. The lowest BCUT2D eigenvalue weighted by Gasteiger charge is -2.26. The van der Waals surface area contributed by atoms with Crippen LogP contribution in [-0.2, 0) is 4.79 Å². The largest absolute Gasteiger partial charge is 0.354 e. The molecule has 1 heterocycles. The van der Waals surface area contributed by atoms with Crippen LogP contribution in [0.25, 0.3) is 0 Å². The summed E-state index contributed by atoms with van der Waals surface area (Å²) in [7, 11) is 0. The normalized spacial score (nSPS) is 16.1. The van der Waals surface area contributed by atoms with Crippen LogP contribution in [0.4, 0.5) is 10.5 Å².